The van der Waals surface area contributed by atoms with Crippen molar-refractivity contribution < 1.29 is 8.42 Å². The first-order chi connectivity index (χ1) is 10.9. The van der Waals surface area contributed by atoms with Crippen molar-refractivity contribution in [1.82, 2.24) is 14.8 Å². The van der Waals surface area contributed by atoms with E-state index in [2.05, 4.69) is 14.8 Å². The van der Waals surface area contributed by atoms with Crippen LogP contribution in [0, 0.1) is 0 Å². The molecule has 23 heavy (non-hydrogen) atoms. The zero-order valence-corrected chi connectivity index (χ0v) is 13.9. The predicted molar refractivity (Wildman–Crippen MR) is 89.3 cm³/mol. The second-order valence-electron chi connectivity index (χ2n) is 5.80. The molecule has 0 radical (unpaired) electrons. The second kappa shape index (κ2) is 5.01. The van der Waals surface area contributed by atoms with Crippen LogP contribution in [0.25, 0.3) is 10.9 Å². The number of H-pyrrole nitrogens is 1. The van der Waals surface area contributed by atoms with Crippen LogP contribution >= 0.6 is 11.6 Å². The number of sulfonamides is 1. The topological polar surface area (TPSA) is 79.8 Å². The minimum Gasteiger partial charge on any atom is -0.360 e. The molecule has 0 atom stereocenters. The summed E-state index contributed by atoms with van der Waals surface area (Å²) in [4.78, 5) is 3.12. The molecular weight excluding hydrogens is 336 g/mol. The smallest absolute Gasteiger partial charge is 0.265 e. The van der Waals surface area contributed by atoms with Gasteiger partial charge in [-0.3, -0.25) is 9.40 Å². The summed E-state index contributed by atoms with van der Waals surface area (Å²) in [5.41, 5.74) is 1.74. The van der Waals surface area contributed by atoms with Crippen LogP contribution in [-0.2, 0) is 17.1 Å². The number of aromatic nitrogens is 3. The molecule has 0 saturated heterocycles. The summed E-state index contributed by atoms with van der Waals surface area (Å²) < 4.78 is 29.6. The predicted octanol–water partition coefficient (Wildman–Crippen LogP) is 3.23. The normalized spacial score (nSPS) is 15.2. The number of anilines is 1. The number of nitrogens with one attached hydrogen (secondary N) is 2. The molecule has 120 valence electrons. The van der Waals surface area contributed by atoms with Gasteiger partial charge in [-0.2, -0.15) is 5.10 Å². The lowest BCUT2D eigenvalue weighted by atomic mass is 10.2. The molecule has 0 spiro atoms. The summed E-state index contributed by atoms with van der Waals surface area (Å²) in [5, 5.41) is 5.40. The molecule has 8 heteroatoms. The van der Waals surface area contributed by atoms with Crippen molar-refractivity contribution in [1.29, 1.82) is 0 Å². The van der Waals surface area contributed by atoms with Crippen LogP contribution in [0.4, 0.5) is 5.82 Å². The Bertz CT molecular complexity index is 1000. The number of nitrogens with zero attached hydrogens (tertiary/aromatic N) is 2. The highest BCUT2D eigenvalue weighted by molar-refractivity contribution is 7.93. The molecule has 2 N–H and O–H groups in total. The van der Waals surface area contributed by atoms with Crippen LogP contribution < -0.4 is 4.72 Å². The Labute approximate surface area is 138 Å². The molecule has 2 aromatic heterocycles. The molecule has 1 fully saturated rings. The van der Waals surface area contributed by atoms with E-state index in [9.17, 15) is 8.42 Å². The zero-order valence-electron chi connectivity index (χ0n) is 12.4. The van der Waals surface area contributed by atoms with E-state index in [-0.39, 0.29) is 4.90 Å². The number of rotatable bonds is 4. The molecule has 1 aromatic carbocycles. The van der Waals surface area contributed by atoms with Gasteiger partial charge >= 0.3 is 0 Å². The monoisotopic (exact) mass is 350 g/mol. The maximum atomic E-state index is 12.7. The molecule has 0 bridgehead atoms. The van der Waals surface area contributed by atoms with Crippen LogP contribution in [0.3, 0.4) is 0 Å². The summed E-state index contributed by atoms with van der Waals surface area (Å²) in [6.07, 6.45) is 3.73. The SMILES string of the molecule is Cn1nc(NS(=O)(=O)c2c[nH]c3cc(Cl)ccc23)cc1C1CC1. The fraction of sp³-hybridized carbons (Fsp3) is 0.267. The minimum atomic E-state index is -3.72. The molecule has 1 aliphatic carbocycles. The number of halogens is 1. The summed E-state index contributed by atoms with van der Waals surface area (Å²) >= 11 is 5.93. The quantitative estimate of drug-likeness (QED) is 0.758. The van der Waals surface area contributed by atoms with E-state index >= 15 is 0 Å². The van der Waals surface area contributed by atoms with Gasteiger partial charge in [0.2, 0.25) is 0 Å². The zero-order chi connectivity index (χ0) is 16.2. The number of fused-ring (bicyclic) bond motifs is 1. The summed E-state index contributed by atoms with van der Waals surface area (Å²) in [6, 6.07) is 6.86. The van der Waals surface area contributed by atoms with Gasteiger partial charge in [-0.15, -0.1) is 0 Å². The van der Waals surface area contributed by atoms with Gasteiger partial charge in [0.15, 0.2) is 5.82 Å². The van der Waals surface area contributed by atoms with Crippen molar-refractivity contribution in [2.45, 2.75) is 23.7 Å². The highest BCUT2D eigenvalue weighted by Gasteiger charge is 2.28. The molecule has 0 amide bonds. The van der Waals surface area contributed by atoms with Crippen molar-refractivity contribution in [3.8, 4) is 0 Å². The average Bonchev–Trinajstić information content (AvgIpc) is 3.13. The Kier molecular flexibility index (Phi) is 3.18. The fourth-order valence-corrected chi connectivity index (χ4v) is 4.12. The van der Waals surface area contributed by atoms with Gasteiger partial charge in [0, 0.05) is 46.8 Å². The van der Waals surface area contributed by atoms with E-state index in [1.807, 2.05) is 7.05 Å². The Morgan fingerprint density at radius 3 is 2.87 bits per heavy atom. The van der Waals surface area contributed by atoms with Gasteiger partial charge in [-0.25, -0.2) is 8.42 Å². The summed E-state index contributed by atoms with van der Waals surface area (Å²) in [6.45, 7) is 0. The Balaban J connectivity index is 1.70. The van der Waals surface area contributed by atoms with Crippen LogP contribution in [0.5, 0.6) is 0 Å². The maximum absolute atomic E-state index is 12.7. The van der Waals surface area contributed by atoms with Crippen LogP contribution in [0.2, 0.25) is 5.02 Å². The van der Waals surface area contributed by atoms with E-state index in [0.717, 1.165) is 18.5 Å². The summed E-state index contributed by atoms with van der Waals surface area (Å²) in [7, 11) is -1.89. The van der Waals surface area contributed by atoms with E-state index in [4.69, 9.17) is 11.6 Å². The lowest BCUT2D eigenvalue weighted by Crippen LogP contribution is -2.13. The lowest BCUT2D eigenvalue weighted by molar-refractivity contribution is 0.601. The van der Waals surface area contributed by atoms with Gasteiger partial charge in [0.25, 0.3) is 10.0 Å². The molecule has 4 rings (SSSR count). The maximum Gasteiger partial charge on any atom is 0.265 e. The van der Waals surface area contributed by atoms with E-state index in [1.165, 1.54) is 6.20 Å². The van der Waals surface area contributed by atoms with Gasteiger partial charge in [-0.1, -0.05) is 11.6 Å². The van der Waals surface area contributed by atoms with E-state index in [1.54, 1.807) is 28.9 Å². The first-order valence-corrected chi connectivity index (χ1v) is 9.13. The van der Waals surface area contributed by atoms with Crippen molar-refractivity contribution in [3.63, 3.8) is 0 Å². The molecule has 0 unspecified atom stereocenters. The molecule has 1 aliphatic rings. The third kappa shape index (κ3) is 2.60. The molecule has 6 nitrogen and oxygen atoms in total. The number of aryl methyl sites for hydroxylation is 1. The van der Waals surface area contributed by atoms with Crippen molar-refractivity contribution in [2.75, 3.05) is 4.72 Å². The van der Waals surface area contributed by atoms with Gasteiger partial charge in [-0.05, 0) is 31.0 Å². The first-order valence-electron chi connectivity index (χ1n) is 7.27. The molecule has 0 aliphatic heterocycles. The third-order valence-corrected chi connectivity index (χ3v) is 5.68. The lowest BCUT2D eigenvalue weighted by Gasteiger charge is -2.04. The van der Waals surface area contributed by atoms with Crippen molar-refractivity contribution >= 4 is 38.3 Å². The van der Waals surface area contributed by atoms with Crippen LogP contribution in [0.1, 0.15) is 24.5 Å². The molecule has 3 aromatic rings. The number of hydrogen-bond donors (Lipinski definition) is 2. The minimum absolute atomic E-state index is 0.183. The number of hydrogen-bond acceptors (Lipinski definition) is 3. The number of aromatic amines is 1. The van der Waals surface area contributed by atoms with Crippen LogP contribution in [-0.4, -0.2) is 23.2 Å². The summed E-state index contributed by atoms with van der Waals surface area (Å²) in [5.74, 6) is 0.846. The van der Waals surface area contributed by atoms with Gasteiger partial charge in [0.05, 0.1) is 0 Å². The molecule has 2 heterocycles. The standard InChI is InChI=1S/C15H15ClN4O2S/c1-20-13(9-2-3-9)7-15(18-20)19-23(21,22)14-8-17-12-6-10(16)4-5-11(12)14/h4-9,17H,2-3H2,1H3,(H,18,19). The van der Waals surface area contributed by atoms with Crippen molar-refractivity contribution in [3.05, 3.63) is 41.2 Å². The Morgan fingerprint density at radius 2 is 2.13 bits per heavy atom. The van der Waals surface area contributed by atoms with Gasteiger partial charge in [0.1, 0.15) is 4.90 Å². The third-order valence-electron chi connectivity index (χ3n) is 4.05. The molecule has 1 saturated carbocycles. The van der Waals surface area contributed by atoms with Crippen molar-refractivity contribution in [2.24, 2.45) is 7.05 Å². The van der Waals surface area contributed by atoms with E-state index in [0.29, 0.717) is 27.7 Å². The van der Waals surface area contributed by atoms with E-state index < -0.39 is 10.0 Å². The van der Waals surface area contributed by atoms with Crippen LogP contribution in [0.15, 0.2) is 35.4 Å². The number of benzene rings is 1. The largest absolute Gasteiger partial charge is 0.360 e. The van der Waals surface area contributed by atoms with Gasteiger partial charge < -0.3 is 4.98 Å². The average molecular weight is 351 g/mol. The Hall–Kier alpha value is -1.99. The second-order valence-corrected chi connectivity index (χ2v) is 7.89. The molecular formula is C15H15ClN4O2S. The highest BCUT2D eigenvalue weighted by Crippen LogP contribution is 2.40. The highest BCUT2D eigenvalue weighted by atomic mass is 35.5. The first kappa shape index (κ1) is 14.6. The fourth-order valence-electron chi connectivity index (χ4n) is 2.78. The Morgan fingerprint density at radius 1 is 1.35 bits per heavy atom.